The van der Waals surface area contributed by atoms with Gasteiger partial charge in [-0.2, -0.15) is 0 Å². The van der Waals surface area contributed by atoms with Gasteiger partial charge in [0.05, 0.1) is 0 Å². The number of amides is 2. The maximum atomic E-state index is 12.6. The van der Waals surface area contributed by atoms with Gasteiger partial charge in [-0.3, -0.25) is 9.59 Å². The first-order chi connectivity index (χ1) is 15.1. The second-order valence-electron chi connectivity index (χ2n) is 8.48. The number of carbonyl (C=O) groups is 3. The summed E-state index contributed by atoms with van der Waals surface area (Å²) in [5.74, 6) is -1.49. The van der Waals surface area contributed by atoms with Crippen LogP contribution in [0.3, 0.4) is 0 Å². The molecule has 2 aromatic rings. The van der Waals surface area contributed by atoms with Crippen LogP contribution in [0, 0.1) is 12.8 Å². The maximum Gasteiger partial charge on any atom is 0.329 e. The zero-order chi connectivity index (χ0) is 23.8. The van der Waals surface area contributed by atoms with E-state index in [0.717, 1.165) is 16.8 Å². The van der Waals surface area contributed by atoms with Crippen LogP contribution in [0.15, 0.2) is 48.5 Å². The summed E-state index contributed by atoms with van der Waals surface area (Å²) in [6, 6.07) is 14.2. The van der Waals surface area contributed by atoms with Crippen molar-refractivity contribution >= 4 is 23.5 Å². The predicted octanol–water partition coefficient (Wildman–Crippen LogP) is 3.02. The second kappa shape index (κ2) is 11.3. The van der Waals surface area contributed by atoms with E-state index >= 15 is 0 Å². The van der Waals surface area contributed by atoms with Crippen molar-refractivity contribution in [1.82, 2.24) is 10.2 Å². The van der Waals surface area contributed by atoms with E-state index in [1.165, 1.54) is 4.90 Å². The van der Waals surface area contributed by atoms with Gasteiger partial charge in [-0.15, -0.1) is 0 Å². The lowest BCUT2D eigenvalue weighted by atomic mass is 10.0. The topological polar surface area (TPSA) is 78.9 Å². The summed E-state index contributed by atoms with van der Waals surface area (Å²) in [6.45, 7) is 5.54. The third-order valence-corrected chi connectivity index (χ3v) is 5.12. The largest absolute Gasteiger partial charge is 0.454 e. The molecule has 2 rings (SSSR count). The van der Waals surface area contributed by atoms with Gasteiger partial charge in [0.2, 0.25) is 0 Å². The summed E-state index contributed by atoms with van der Waals surface area (Å²) < 4.78 is 5.25. The number of hydrogen-bond acceptors (Lipinski definition) is 5. The molecule has 1 N–H and O–H groups in total. The average Bonchev–Trinajstić information content (AvgIpc) is 2.75. The van der Waals surface area contributed by atoms with Gasteiger partial charge in [0, 0.05) is 38.9 Å². The van der Waals surface area contributed by atoms with Crippen LogP contribution in [0.25, 0.3) is 0 Å². The number of ether oxygens (including phenoxy) is 1. The normalized spacial score (nSPS) is 11.6. The summed E-state index contributed by atoms with van der Waals surface area (Å²) >= 11 is 0. The fourth-order valence-corrected chi connectivity index (χ4v) is 3.10. The summed E-state index contributed by atoms with van der Waals surface area (Å²) in [5.41, 5.74) is 3.47. The number of carbonyl (C=O) groups excluding carboxylic acids is 3. The summed E-state index contributed by atoms with van der Waals surface area (Å²) in [7, 11) is 5.59. The number of aryl methyl sites for hydroxylation is 1. The first kappa shape index (κ1) is 24.9. The zero-order valence-corrected chi connectivity index (χ0v) is 19.7. The van der Waals surface area contributed by atoms with E-state index in [9.17, 15) is 14.4 Å². The smallest absolute Gasteiger partial charge is 0.329 e. The molecule has 0 saturated heterocycles. The average molecular weight is 440 g/mol. The Bertz CT molecular complexity index is 938. The lowest BCUT2D eigenvalue weighted by Crippen LogP contribution is -2.46. The van der Waals surface area contributed by atoms with Crippen LogP contribution in [0.4, 0.5) is 5.69 Å². The van der Waals surface area contributed by atoms with Gasteiger partial charge in [0.15, 0.2) is 6.61 Å². The lowest BCUT2D eigenvalue weighted by Gasteiger charge is -2.22. The van der Waals surface area contributed by atoms with Crippen LogP contribution in [-0.4, -0.2) is 56.5 Å². The first-order valence-corrected chi connectivity index (χ1v) is 10.6. The molecular weight excluding hydrogens is 406 g/mol. The molecule has 0 spiro atoms. The monoisotopic (exact) mass is 439 g/mol. The summed E-state index contributed by atoms with van der Waals surface area (Å²) in [6.07, 6.45) is 0. The highest BCUT2D eigenvalue weighted by Gasteiger charge is 2.27. The van der Waals surface area contributed by atoms with Crippen LogP contribution in [-0.2, 0) is 20.9 Å². The summed E-state index contributed by atoms with van der Waals surface area (Å²) in [5, 5.41) is 2.72. The quantitative estimate of drug-likeness (QED) is 0.608. The Hall–Kier alpha value is -3.35. The third kappa shape index (κ3) is 7.11. The number of anilines is 1. The van der Waals surface area contributed by atoms with Crippen molar-refractivity contribution in [2.75, 3.05) is 32.6 Å². The van der Waals surface area contributed by atoms with E-state index in [1.807, 2.05) is 70.1 Å². The molecule has 0 unspecified atom stereocenters. The van der Waals surface area contributed by atoms with Gasteiger partial charge < -0.3 is 19.9 Å². The molecule has 32 heavy (non-hydrogen) atoms. The molecule has 0 aliphatic heterocycles. The number of hydrogen-bond donors (Lipinski definition) is 1. The van der Waals surface area contributed by atoms with Crippen molar-refractivity contribution in [2.45, 2.75) is 33.4 Å². The molecule has 2 amide bonds. The van der Waals surface area contributed by atoms with Gasteiger partial charge in [0.25, 0.3) is 11.8 Å². The minimum atomic E-state index is -0.848. The highest BCUT2D eigenvalue weighted by molar-refractivity contribution is 5.97. The number of nitrogens with one attached hydrogen (secondary N) is 1. The highest BCUT2D eigenvalue weighted by atomic mass is 16.5. The SMILES string of the molecule is Cc1cccc(C(=O)N[C@H](C(=O)OCC(=O)N(C)Cc2ccc(N(C)C)cc2)C(C)C)c1. The molecule has 1 atom stereocenters. The minimum Gasteiger partial charge on any atom is -0.454 e. The molecular formula is C25H33N3O4. The molecule has 0 fully saturated rings. The van der Waals surface area contributed by atoms with E-state index in [-0.39, 0.29) is 24.3 Å². The number of rotatable bonds is 9. The van der Waals surface area contributed by atoms with Crippen molar-refractivity contribution in [1.29, 1.82) is 0 Å². The Balaban J connectivity index is 1.91. The molecule has 0 saturated carbocycles. The van der Waals surface area contributed by atoms with Gasteiger partial charge in [0.1, 0.15) is 6.04 Å². The molecule has 172 valence electrons. The van der Waals surface area contributed by atoms with E-state index in [0.29, 0.717) is 12.1 Å². The van der Waals surface area contributed by atoms with E-state index < -0.39 is 12.0 Å². The van der Waals surface area contributed by atoms with Crippen LogP contribution in [0.5, 0.6) is 0 Å². The Morgan fingerprint density at radius 3 is 2.22 bits per heavy atom. The fraction of sp³-hybridized carbons (Fsp3) is 0.400. The molecule has 0 bridgehead atoms. The van der Waals surface area contributed by atoms with E-state index in [1.54, 1.807) is 25.2 Å². The summed E-state index contributed by atoms with van der Waals surface area (Å²) in [4.78, 5) is 41.1. The highest BCUT2D eigenvalue weighted by Crippen LogP contribution is 2.14. The van der Waals surface area contributed by atoms with Gasteiger partial charge >= 0.3 is 5.97 Å². The van der Waals surface area contributed by atoms with Crippen LogP contribution in [0.2, 0.25) is 0 Å². The number of nitrogens with zero attached hydrogens (tertiary/aromatic N) is 2. The molecule has 0 aliphatic carbocycles. The maximum absolute atomic E-state index is 12.6. The van der Waals surface area contributed by atoms with Crippen molar-refractivity contribution in [2.24, 2.45) is 5.92 Å². The lowest BCUT2D eigenvalue weighted by molar-refractivity contribution is -0.154. The van der Waals surface area contributed by atoms with E-state index in [2.05, 4.69) is 5.32 Å². The Morgan fingerprint density at radius 2 is 1.66 bits per heavy atom. The molecule has 7 nitrogen and oxygen atoms in total. The molecule has 0 heterocycles. The van der Waals surface area contributed by atoms with Crippen LogP contribution < -0.4 is 10.2 Å². The number of esters is 1. The fourth-order valence-electron chi connectivity index (χ4n) is 3.10. The Kier molecular flexibility index (Phi) is 8.81. The minimum absolute atomic E-state index is 0.195. The Labute approximate surface area is 190 Å². The first-order valence-electron chi connectivity index (χ1n) is 10.6. The molecule has 2 aromatic carbocycles. The molecule has 0 aliphatic rings. The van der Waals surface area contributed by atoms with Gasteiger partial charge in [-0.1, -0.05) is 43.7 Å². The van der Waals surface area contributed by atoms with Crippen molar-refractivity contribution in [3.63, 3.8) is 0 Å². The van der Waals surface area contributed by atoms with E-state index in [4.69, 9.17) is 4.74 Å². The van der Waals surface area contributed by atoms with Gasteiger partial charge in [-0.25, -0.2) is 4.79 Å². The second-order valence-corrected chi connectivity index (χ2v) is 8.48. The van der Waals surface area contributed by atoms with Crippen LogP contribution >= 0.6 is 0 Å². The molecule has 0 radical (unpaired) electrons. The van der Waals surface area contributed by atoms with Crippen LogP contribution in [0.1, 0.15) is 35.3 Å². The zero-order valence-electron chi connectivity index (χ0n) is 19.7. The predicted molar refractivity (Wildman–Crippen MR) is 125 cm³/mol. The molecule has 0 aromatic heterocycles. The standard InChI is InChI=1S/C25H33N3O4/c1-17(2)23(26-24(30)20-9-7-8-18(3)14-20)25(31)32-16-22(29)28(6)15-19-10-12-21(13-11-19)27(4)5/h7-14,17,23H,15-16H2,1-6H3,(H,26,30)/t23-/m0/s1. The van der Waals surface area contributed by atoms with Crippen molar-refractivity contribution in [3.8, 4) is 0 Å². The van der Waals surface area contributed by atoms with Crippen molar-refractivity contribution in [3.05, 3.63) is 65.2 Å². The Morgan fingerprint density at radius 1 is 1.00 bits per heavy atom. The number of likely N-dealkylation sites (N-methyl/N-ethyl adjacent to an activating group) is 1. The van der Waals surface area contributed by atoms with Gasteiger partial charge in [-0.05, 0) is 42.7 Å². The van der Waals surface area contributed by atoms with Crippen molar-refractivity contribution < 1.29 is 19.1 Å². The molecule has 7 heteroatoms. The third-order valence-electron chi connectivity index (χ3n) is 5.12. The number of benzene rings is 2.